The molecule has 0 aromatic rings. The number of thioether (sulfide) groups is 1. The summed E-state index contributed by atoms with van der Waals surface area (Å²) in [5.74, 6) is 2.71. The molecule has 0 fully saturated rings. The molecule has 0 radical (unpaired) electrons. The van der Waals surface area contributed by atoms with Crippen molar-refractivity contribution in [2.75, 3.05) is 25.1 Å². The van der Waals surface area contributed by atoms with Crippen molar-refractivity contribution in [2.24, 2.45) is 5.92 Å². The maximum Gasteiger partial charge on any atom is 0.0754 e. The molecule has 0 aliphatic rings. The molecule has 0 amide bonds. The van der Waals surface area contributed by atoms with Gasteiger partial charge < -0.3 is 10.4 Å². The van der Waals surface area contributed by atoms with Crippen LogP contribution in [0.4, 0.5) is 0 Å². The predicted octanol–water partition coefficient (Wildman–Crippen LogP) is 0.956. The van der Waals surface area contributed by atoms with E-state index < -0.39 is 0 Å². The van der Waals surface area contributed by atoms with E-state index in [-0.39, 0.29) is 6.10 Å². The maximum absolute atomic E-state index is 9.28. The number of rotatable bonds is 6. The number of likely N-dealkylation sites (N-methyl/N-ethyl adjacent to an activating group) is 1. The normalized spacial score (nSPS) is 13.9. The van der Waals surface area contributed by atoms with Gasteiger partial charge in [0.15, 0.2) is 0 Å². The maximum atomic E-state index is 9.28. The van der Waals surface area contributed by atoms with Crippen molar-refractivity contribution in [3.8, 4) is 0 Å². The van der Waals surface area contributed by atoms with Gasteiger partial charge in [0.2, 0.25) is 0 Å². The Morgan fingerprint density at radius 3 is 2.45 bits per heavy atom. The molecule has 0 saturated heterocycles. The molecule has 0 aromatic heterocycles. The van der Waals surface area contributed by atoms with Crippen LogP contribution >= 0.6 is 11.8 Å². The van der Waals surface area contributed by atoms with Gasteiger partial charge in [-0.25, -0.2) is 0 Å². The van der Waals surface area contributed by atoms with Gasteiger partial charge in [0, 0.05) is 12.3 Å². The van der Waals surface area contributed by atoms with Crippen LogP contribution in [0.15, 0.2) is 0 Å². The molecule has 68 valence electrons. The molecular formula is C8H19NOS. The zero-order valence-electron chi connectivity index (χ0n) is 7.63. The largest absolute Gasteiger partial charge is 0.391 e. The SMILES string of the molecule is CNCC(O)CSCC(C)C. The lowest BCUT2D eigenvalue weighted by atomic mass is 10.3. The lowest BCUT2D eigenvalue weighted by Gasteiger charge is -2.09. The van der Waals surface area contributed by atoms with Gasteiger partial charge in [-0.2, -0.15) is 11.8 Å². The smallest absolute Gasteiger partial charge is 0.0754 e. The molecule has 1 unspecified atom stereocenters. The summed E-state index contributed by atoms with van der Waals surface area (Å²) in [5, 5.41) is 12.2. The predicted molar refractivity (Wildman–Crippen MR) is 52.1 cm³/mol. The molecule has 0 saturated carbocycles. The number of aliphatic hydroxyl groups is 1. The van der Waals surface area contributed by atoms with Gasteiger partial charge in [0.25, 0.3) is 0 Å². The number of hydrogen-bond acceptors (Lipinski definition) is 3. The van der Waals surface area contributed by atoms with Crippen molar-refractivity contribution >= 4 is 11.8 Å². The minimum atomic E-state index is -0.191. The van der Waals surface area contributed by atoms with Crippen LogP contribution in [0.1, 0.15) is 13.8 Å². The van der Waals surface area contributed by atoms with E-state index in [1.807, 2.05) is 18.8 Å². The van der Waals surface area contributed by atoms with Crippen molar-refractivity contribution in [1.29, 1.82) is 0 Å². The molecular weight excluding hydrogens is 158 g/mol. The third-order valence-electron chi connectivity index (χ3n) is 1.20. The highest BCUT2D eigenvalue weighted by Crippen LogP contribution is 2.08. The summed E-state index contributed by atoms with van der Waals surface area (Å²) < 4.78 is 0. The zero-order valence-corrected chi connectivity index (χ0v) is 8.45. The van der Waals surface area contributed by atoms with Crippen LogP contribution < -0.4 is 5.32 Å². The Morgan fingerprint density at radius 1 is 1.36 bits per heavy atom. The molecule has 0 heterocycles. The Morgan fingerprint density at radius 2 is 2.00 bits per heavy atom. The average molecular weight is 177 g/mol. The van der Waals surface area contributed by atoms with Gasteiger partial charge >= 0.3 is 0 Å². The first-order chi connectivity index (χ1) is 5.16. The Bertz CT molecular complexity index is 88.2. The van der Waals surface area contributed by atoms with Crippen molar-refractivity contribution in [3.63, 3.8) is 0 Å². The van der Waals surface area contributed by atoms with E-state index >= 15 is 0 Å². The second-order valence-corrected chi connectivity index (χ2v) is 4.22. The third-order valence-corrected chi connectivity index (χ3v) is 2.72. The van der Waals surface area contributed by atoms with Crippen molar-refractivity contribution in [2.45, 2.75) is 20.0 Å². The van der Waals surface area contributed by atoms with Gasteiger partial charge in [-0.1, -0.05) is 13.8 Å². The van der Waals surface area contributed by atoms with Gasteiger partial charge in [-0.05, 0) is 18.7 Å². The molecule has 2 N–H and O–H groups in total. The second kappa shape index (κ2) is 6.95. The quantitative estimate of drug-likeness (QED) is 0.634. The summed E-state index contributed by atoms with van der Waals surface area (Å²) in [5.41, 5.74) is 0. The Hall–Kier alpha value is 0.270. The van der Waals surface area contributed by atoms with Crippen LogP contribution in [-0.4, -0.2) is 36.3 Å². The zero-order chi connectivity index (χ0) is 8.69. The highest BCUT2D eigenvalue weighted by molar-refractivity contribution is 7.99. The van der Waals surface area contributed by atoms with Crippen LogP contribution in [0, 0.1) is 5.92 Å². The summed E-state index contributed by atoms with van der Waals surface area (Å²) in [4.78, 5) is 0. The van der Waals surface area contributed by atoms with E-state index in [0.29, 0.717) is 6.54 Å². The number of nitrogens with one attached hydrogen (secondary N) is 1. The summed E-state index contributed by atoms with van der Waals surface area (Å²) >= 11 is 1.82. The topological polar surface area (TPSA) is 32.3 Å². The number of hydrogen-bond donors (Lipinski definition) is 2. The highest BCUT2D eigenvalue weighted by atomic mass is 32.2. The van der Waals surface area contributed by atoms with E-state index in [2.05, 4.69) is 19.2 Å². The first kappa shape index (κ1) is 11.3. The lowest BCUT2D eigenvalue weighted by Crippen LogP contribution is -2.25. The van der Waals surface area contributed by atoms with Gasteiger partial charge in [-0.3, -0.25) is 0 Å². The summed E-state index contributed by atoms with van der Waals surface area (Å²) in [6, 6.07) is 0. The van der Waals surface area contributed by atoms with Crippen LogP contribution in [0.5, 0.6) is 0 Å². The number of aliphatic hydroxyl groups excluding tert-OH is 1. The minimum absolute atomic E-state index is 0.191. The minimum Gasteiger partial charge on any atom is -0.391 e. The fraction of sp³-hybridized carbons (Fsp3) is 1.00. The molecule has 0 aliphatic carbocycles. The van der Waals surface area contributed by atoms with Crippen molar-refractivity contribution < 1.29 is 5.11 Å². The fourth-order valence-corrected chi connectivity index (χ4v) is 1.73. The van der Waals surface area contributed by atoms with Gasteiger partial charge in [-0.15, -0.1) is 0 Å². The monoisotopic (exact) mass is 177 g/mol. The van der Waals surface area contributed by atoms with Crippen LogP contribution in [-0.2, 0) is 0 Å². The standard InChI is InChI=1S/C8H19NOS/c1-7(2)5-11-6-8(10)4-9-3/h7-10H,4-6H2,1-3H3. The molecule has 0 rings (SSSR count). The summed E-state index contributed by atoms with van der Waals surface area (Å²) in [6.07, 6.45) is -0.191. The third kappa shape index (κ3) is 8.17. The first-order valence-corrected chi connectivity index (χ1v) is 5.22. The Kier molecular flexibility index (Phi) is 7.12. The van der Waals surface area contributed by atoms with Crippen LogP contribution in [0.2, 0.25) is 0 Å². The van der Waals surface area contributed by atoms with E-state index in [4.69, 9.17) is 0 Å². The fourth-order valence-electron chi connectivity index (χ4n) is 0.734. The summed E-state index contributed by atoms with van der Waals surface area (Å²) in [7, 11) is 1.86. The van der Waals surface area contributed by atoms with E-state index in [0.717, 1.165) is 17.4 Å². The van der Waals surface area contributed by atoms with Gasteiger partial charge in [0.05, 0.1) is 6.10 Å². The second-order valence-electron chi connectivity index (χ2n) is 3.14. The molecule has 0 aromatic carbocycles. The van der Waals surface area contributed by atoms with E-state index in [1.54, 1.807) is 0 Å². The molecule has 3 heteroatoms. The van der Waals surface area contributed by atoms with Gasteiger partial charge in [0.1, 0.15) is 0 Å². The molecule has 0 bridgehead atoms. The molecule has 2 nitrogen and oxygen atoms in total. The molecule has 0 aliphatic heterocycles. The average Bonchev–Trinajstić information content (AvgIpc) is 1.87. The van der Waals surface area contributed by atoms with E-state index in [9.17, 15) is 5.11 Å². The van der Waals surface area contributed by atoms with Crippen molar-refractivity contribution in [3.05, 3.63) is 0 Å². The lowest BCUT2D eigenvalue weighted by molar-refractivity contribution is 0.199. The summed E-state index contributed by atoms with van der Waals surface area (Å²) in [6.45, 7) is 5.08. The van der Waals surface area contributed by atoms with Crippen molar-refractivity contribution in [1.82, 2.24) is 5.32 Å². The Labute approximate surface area is 73.8 Å². The molecule has 11 heavy (non-hydrogen) atoms. The van der Waals surface area contributed by atoms with Crippen LogP contribution in [0.25, 0.3) is 0 Å². The first-order valence-electron chi connectivity index (χ1n) is 4.07. The molecule has 0 spiro atoms. The molecule has 1 atom stereocenters. The van der Waals surface area contributed by atoms with E-state index in [1.165, 1.54) is 0 Å². The Balaban J connectivity index is 3.10. The highest BCUT2D eigenvalue weighted by Gasteiger charge is 2.02. The van der Waals surface area contributed by atoms with Crippen LogP contribution in [0.3, 0.4) is 0 Å².